The second-order valence-corrected chi connectivity index (χ2v) is 4.39. The summed E-state index contributed by atoms with van der Waals surface area (Å²) in [5, 5.41) is 22.8. The van der Waals surface area contributed by atoms with E-state index >= 15 is 0 Å². The number of anilines is 1. The lowest BCUT2D eigenvalue weighted by Gasteiger charge is -2.10. The first-order valence-corrected chi connectivity index (χ1v) is 6.27. The van der Waals surface area contributed by atoms with Crippen molar-refractivity contribution in [3.8, 4) is 11.4 Å². The van der Waals surface area contributed by atoms with Crippen LogP contribution in [0.4, 0.5) is 10.1 Å². The van der Waals surface area contributed by atoms with Crippen molar-refractivity contribution in [3.63, 3.8) is 0 Å². The average Bonchev–Trinajstić information content (AvgIpc) is 3.03. The number of carbonyl (C=O) groups is 1. The predicted molar refractivity (Wildman–Crippen MR) is 75.2 cm³/mol. The van der Waals surface area contributed by atoms with Crippen LogP contribution in [-0.4, -0.2) is 31.2 Å². The molecule has 22 heavy (non-hydrogen) atoms. The first-order chi connectivity index (χ1) is 10.6. The number of nitrogens with one attached hydrogen (secondary N) is 1. The molecule has 3 aromatic rings. The number of nitrogens with zero attached hydrogens (tertiary/aromatic N) is 4. The number of amides is 1. The van der Waals surface area contributed by atoms with Gasteiger partial charge in [-0.1, -0.05) is 12.1 Å². The number of halogens is 1. The Morgan fingerprint density at radius 1 is 1.23 bits per heavy atom. The van der Waals surface area contributed by atoms with Crippen molar-refractivity contribution in [3.05, 3.63) is 60.2 Å². The van der Waals surface area contributed by atoms with Gasteiger partial charge < -0.3 is 10.4 Å². The Kier molecular flexibility index (Phi) is 3.48. The number of aromatic hydroxyl groups is 1. The van der Waals surface area contributed by atoms with Crippen LogP contribution in [0.5, 0.6) is 5.75 Å². The highest BCUT2D eigenvalue weighted by atomic mass is 19.1. The molecule has 1 amide bonds. The van der Waals surface area contributed by atoms with Crippen LogP contribution in [-0.2, 0) is 0 Å². The molecule has 1 aromatic heterocycles. The molecule has 2 N–H and O–H groups in total. The summed E-state index contributed by atoms with van der Waals surface area (Å²) in [6.45, 7) is 0. The maximum Gasteiger partial charge on any atom is 0.257 e. The molecule has 7 nitrogen and oxygen atoms in total. The second kappa shape index (κ2) is 5.60. The lowest BCUT2D eigenvalue weighted by Crippen LogP contribution is -2.15. The molecule has 0 aliphatic heterocycles. The third-order valence-corrected chi connectivity index (χ3v) is 2.95. The number of phenols is 1. The van der Waals surface area contributed by atoms with Crippen LogP contribution in [0.15, 0.2) is 48.8 Å². The monoisotopic (exact) mass is 299 g/mol. The number of hydrogen-bond donors (Lipinski definition) is 2. The highest BCUT2D eigenvalue weighted by molar-refractivity contribution is 6.07. The fourth-order valence-corrected chi connectivity index (χ4v) is 1.93. The van der Waals surface area contributed by atoms with Crippen molar-refractivity contribution in [1.29, 1.82) is 0 Å². The van der Waals surface area contributed by atoms with Gasteiger partial charge in [0.1, 0.15) is 17.9 Å². The van der Waals surface area contributed by atoms with Crippen molar-refractivity contribution < 1.29 is 14.3 Å². The molecule has 0 saturated carbocycles. The smallest absolute Gasteiger partial charge is 0.257 e. The van der Waals surface area contributed by atoms with E-state index < -0.39 is 11.7 Å². The summed E-state index contributed by atoms with van der Waals surface area (Å²) in [5.41, 5.74) is 0.606. The molecule has 0 aliphatic rings. The van der Waals surface area contributed by atoms with Crippen LogP contribution < -0.4 is 5.32 Å². The van der Waals surface area contributed by atoms with E-state index in [1.807, 2.05) is 0 Å². The maximum absolute atomic E-state index is 13.4. The van der Waals surface area contributed by atoms with Gasteiger partial charge in [-0.15, -0.1) is 5.10 Å². The molecule has 0 aliphatic carbocycles. The van der Waals surface area contributed by atoms with E-state index in [2.05, 4.69) is 20.8 Å². The standard InChI is InChI=1S/C14H10FN5O2/c15-9-5-6-10(12(7-9)20-8-16-18-19-20)14(22)17-11-3-1-2-4-13(11)21/h1-8,21H,(H,17,22). The minimum atomic E-state index is -0.524. The third-order valence-electron chi connectivity index (χ3n) is 2.95. The number of para-hydroxylation sites is 2. The highest BCUT2D eigenvalue weighted by Crippen LogP contribution is 2.23. The molecule has 8 heteroatoms. The largest absolute Gasteiger partial charge is 0.506 e. The molecule has 0 fully saturated rings. The Hall–Kier alpha value is -3.29. The van der Waals surface area contributed by atoms with Crippen molar-refractivity contribution in [2.24, 2.45) is 0 Å². The van der Waals surface area contributed by atoms with Gasteiger partial charge in [-0.25, -0.2) is 4.39 Å². The summed E-state index contributed by atoms with van der Waals surface area (Å²) in [6, 6.07) is 9.93. The summed E-state index contributed by atoms with van der Waals surface area (Å²) < 4.78 is 14.6. The van der Waals surface area contributed by atoms with Crippen LogP contribution >= 0.6 is 0 Å². The lowest BCUT2D eigenvalue weighted by molar-refractivity contribution is 0.102. The van der Waals surface area contributed by atoms with Gasteiger partial charge in [0.25, 0.3) is 5.91 Å². The number of benzene rings is 2. The molecule has 0 spiro atoms. The predicted octanol–water partition coefficient (Wildman–Crippen LogP) is 1.76. The van der Waals surface area contributed by atoms with Gasteiger partial charge in [0.05, 0.1) is 16.9 Å². The zero-order chi connectivity index (χ0) is 15.5. The summed E-state index contributed by atoms with van der Waals surface area (Å²) in [6.07, 6.45) is 1.26. The zero-order valence-corrected chi connectivity index (χ0v) is 11.1. The molecule has 0 saturated heterocycles. The van der Waals surface area contributed by atoms with E-state index in [9.17, 15) is 14.3 Å². The Balaban J connectivity index is 1.98. The van der Waals surface area contributed by atoms with E-state index in [1.165, 1.54) is 23.1 Å². The van der Waals surface area contributed by atoms with Gasteiger partial charge in [0.2, 0.25) is 0 Å². The Morgan fingerprint density at radius 2 is 2.05 bits per heavy atom. The van der Waals surface area contributed by atoms with E-state index in [-0.39, 0.29) is 22.7 Å². The summed E-state index contributed by atoms with van der Waals surface area (Å²) in [5.74, 6) is -1.11. The number of aromatic nitrogens is 4. The number of tetrazole rings is 1. The SMILES string of the molecule is O=C(Nc1ccccc1O)c1ccc(F)cc1-n1cnnn1. The Bertz CT molecular complexity index is 820. The summed E-state index contributed by atoms with van der Waals surface area (Å²) in [7, 11) is 0. The van der Waals surface area contributed by atoms with E-state index in [0.717, 1.165) is 12.1 Å². The van der Waals surface area contributed by atoms with Crippen molar-refractivity contribution >= 4 is 11.6 Å². The van der Waals surface area contributed by atoms with Crippen LogP contribution in [0, 0.1) is 5.82 Å². The average molecular weight is 299 g/mol. The van der Waals surface area contributed by atoms with Gasteiger partial charge in [0.15, 0.2) is 0 Å². The molecule has 0 atom stereocenters. The summed E-state index contributed by atoms with van der Waals surface area (Å²) in [4.78, 5) is 12.4. The Morgan fingerprint density at radius 3 is 2.77 bits per heavy atom. The second-order valence-electron chi connectivity index (χ2n) is 4.39. The topological polar surface area (TPSA) is 92.9 Å². The van der Waals surface area contributed by atoms with Crippen LogP contribution in [0.1, 0.15) is 10.4 Å². The lowest BCUT2D eigenvalue weighted by atomic mass is 10.1. The fourth-order valence-electron chi connectivity index (χ4n) is 1.93. The van der Waals surface area contributed by atoms with Gasteiger partial charge in [-0.2, -0.15) is 4.68 Å². The van der Waals surface area contributed by atoms with Crippen molar-refractivity contribution in [1.82, 2.24) is 20.2 Å². The van der Waals surface area contributed by atoms with E-state index in [1.54, 1.807) is 18.2 Å². The van der Waals surface area contributed by atoms with E-state index in [4.69, 9.17) is 0 Å². The zero-order valence-electron chi connectivity index (χ0n) is 11.1. The summed E-state index contributed by atoms with van der Waals surface area (Å²) >= 11 is 0. The minimum absolute atomic E-state index is 0.0677. The first kappa shape index (κ1) is 13.7. The van der Waals surface area contributed by atoms with Crippen LogP contribution in [0.2, 0.25) is 0 Å². The van der Waals surface area contributed by atoms with Gasteiger partial charge in [0, 0.05) is 6.07 Å². The molecular formula is C14H10FN5O2. The highest BCUT2D eigenvalue weighted by Gasteiger charge is 2.16. The number of hydrogen-bond acceptors (Lipinski definition) is 5. The number of carbonyl (C=O) groups excluding carboxylic acids is 1. The quantitative estimate of drug-likeness (QED) is 0.719. The minimum Gasteiger partial charge on any atom is -0.506 e. The molecule has 1 heterocycles. The third kappa shape index (κ3) is 2.62. The molecule has 3 rings (SSSR count). The maximum atomic E-state index is 13.4. The number of phenolic OH excluding ortho intramolecular Hbond substituents is 1. The normalized spacial score (nSPS) is 10.4. The molecule has 0 unspecified atom stereocenters. The van der Waals surface area contributed by atoms with Crippen LogP contribution in [0.3, 0.4) is 0 Å². The molecule has 0 bridgehead atoms. The van der Waals surface area contributed by atoms with E-state index in [0.29, 0.717) is 0 Å². The van der Waals surface area contributed by atoms with Gasteiger partial charge >= 0.3 is 0 Å². The first-order valence-electron chi connectivity index (χ1n) is 6.27. The molecular weight excluding hydrogens is 289 g/mol. The number of rotatable bonds is 3. The molecule has 110 valence electrons. The Labute approximate surface area is 124 Å². The van der Waals surface area contributed by atoms with Gasteiger partial charge in [-0.3, -0.25) is 4.79 Å². The molecule has 0 radical (unpaired) electrons. The van der Waals surface area contributed by atoms with Crippen molar-refractivity contribution in [2.75, 3.05) is 5.32 Å². The molecule has 2 aromatic carbocycles. The van der Waals surface area contributed by atoms with Crippen LogP contribution in [0.25, 0.3) is 5.69 Å². The van der Waals surface area contributed by atoms with Crippen molar-refractivity contribution in [2.45, 2.75) is 0 Å². The van der Waals surface area contributed by atoms with Gasteiger partial charge in [-0.05, 0) is 34.7 Å². The fraction of sp³-hybridized carbons (Fsp3) is 0.